The molecule has 146 valence electrons. The van der Waals surface area contributed by atoms with E-state index in [4.69, 9.17) is 9.72 Å². The molecule has 29 heavy (non-hydrogen) atoms. The second-order valence-electron chi connectivity index (χ2n) is 6.95. The molecule has 0 atom stereocenters. The SMILES string of the molecule is COc1ccccc1NC(=O)Cn1c(Cc2ccccc2C)nc2ccccc21. The van der Waals surface area contributed by atoms with Gasteiger partial charge in [0, 0.05) is 6.42 Å². The standard InChI is InChI=1S/C24H23N3O2/c1-17-9-3-4-10-18(17)15-23-25-19-11-5-7-13-21(19)27(23)16-24(28)26-20-12-6-8-14-22(20)29-2/h3-14H,15-16H2,1-2H3,(H,26,28). The Morgan fingerprint density at radius 2 is 1.72 bits per heavy atom. The Morgan fingerprint density at radius 1 is 1.00 bits per heavy atom. The van der Waals surface area contributed by atoms with Gasteiger partial charge in [0.2, 0.25) is 5.91 Å². The summed E-state index contributed by atoms with van der Waals surface area (Å²) >= 11 is 0. The zero-order chi connectivity index (χ0) is 20.2. The number of imidazole rings is 1. The number of nitrogens with zero attached hydrogens (tertiary/aromatic N) is 2. The van der Waals surface area contributed by atoms with Crippen LogP contribution >= 0.6 is 0 Å². The van der Waals surface area contributed by atoms with Gasteiger partial charge in [0.15, 0.2) is 0 Å². The minimum Gasteiger partial charge on any atom is -0.495 e. The van der Waals surface area contributed by atoms with Gasteiger partial charge in [0.1, 0.15) is 18.1 Å². The number of aromatic nitrogens is 2. The van der Waals surface area contributed by atoms with Crippen molar-refractivity contribution in [3.8, 4) is 5.75 Å². The number of methoxy groups -OCH3 is 1. The average Bonchev–Trinajstić information content (AvgIpc) is 3.07. The Labute approximate surface area is 170 Å². The number of fused-ring (bicyclic) bond motifs is 1. The van der Waals surface area contributed by atoms with Crippen LogP contribution in [0.3, 0.4) is 0 Å². The van der Waals surface area contributed by atoms with Gasteiger partial charge in [-0.2, -0.15) is 0 Å². The van der Waals surface area contributed by atoms with Crippen LogP contribution in [-0.4, -0.2) is 22.6 Å². The zero-order valence-corrected chi connectivity index (χ0v) is 16.6. The molecule has 0 spiro atoms. The molecule has 1 heterocycles. The number of rotatable bonds is 6. The van der Waals surface area contributed by atoms with Gasteiger partial charge >= 0.3 is 0 Å². The highest BCUT2D eigenvalue weighted by Gasteiger charge is 2.15. The Morgan fingerprint density at radius 3 is 2.55 bits per heavy atom. The van der Waals surface area contributed by atoms with Crippen molar-refractivity contribution in [3.05, 3.63) is 89.7 Å². The smallest absolute Gasteiger partial charge is 0.244 e. The summed E-state index contributed by atoms with van der Waals surface area (Å²) in [5, 5.41) is 2.95. The molecule has 3 aromatic carbocycles. The highest BCUT2D eigenvalue weighted by molar-refractivity contribution is 5.93. The normalized spacial score (nSPS) is 10.8. The van der Waals surface area contributed by atoms with Crippen molar-refractivity contribution < 1.29 is 9.53 Å². The lowest BCUT2D eigenvalue weighted by Crippen LogP contribution is -2.20. The zero-order valence-electron chi connectivity index (χ0n) is 16.6. The molecule has 0 unspecified atom stereocenters. The van der Waals surface area contributed by atoms with Gasteiger partial charge in [0.05, 0.1) is 23.8 Å². The second-order valence-corrected chi connectivity index (χ2v) is 6.95. The number of carbonyl (C=O) groups is 1. The summed E-state index contributed by atoms with van der Waals surface area (Å²) in [6.45, 7) is 2.27. The number of hydrogen-bond acceptors (Lipinski definition) is 3. The Kier molecular flexibility index (Phi) is 5.29. The van der Waals surface area contributed by atoms with Crippen LogP contribution in [0.1, 0.15) is 17.0 Å². The number of anilines is 1. The highest BCUT2D eigenvalue weighted by atomic mass is 16.5. The van der Waals surface area contributed by atoms with Crippen molar-refractivity contribution in [2.24, 2.45) is 0 Å². The maximum atomic E-state index is 12.8. The molecular weight excluding hydrogens is 362 g/mol. The third kappa shape index (κ3) is 3.99. The number of benzene rings is 3. The predicted molar refractivity (Wildman–Crippen MR) is 115 cm³/mol. The third-order valence-electron chi connectivity index (χ3n) is 5.03. The largest absolute Gasteiger partial charge is 0.495 e. The van der Waals surface area contributed by atoms with E-state index in [1.807, 2.05) is 65.2 Å². The first-order valence-corrected chi connectivity index (χ1v) is 9.57. The van der Waals surface area contributed by atoms with E-state index in [0.29, 0.717) is 17.9 Å². The van der Waals surface area contributed by atoms with Gasteiger partial charge in [-0.15, -0.1) is 0 Å². The van der Waals surface area contributed by atoms with Crippen LogP contribution in [0, 0.1) is 6.92 Å². The molecule has 0 bridgehead atoms. The fraction of sp³-hybridized carbons (Fsp3) is 0.167. The first kappa shape index (κ1) is 18.7. The Hall–Kier alpha value is -3.60. The molecule has 1 amide bonds. The van der Waals surface area contributed by atoms with Gasteiger partial charge in [-0.25, -0.2) is 4.98 Å². The third-order valence-corrected chi connectivity index (χ3v) is 5.03. The summed E-state index contributed by atoms with van der Waals surface area (Å²) in [4.78, 5) is 17.6. The fourth-order valence-corrected chi connectivity index (χ4v) is 3.50. The summed E-state index contributed by atoms with van der Waals surface area (Å²) < 4.78 is 7.33. The van der Waals surface area contributed by atoms with E-state index in [0.717, 1.165) is 16.9 Å². The van der Waals surface area contributed by atoms with Crippen LogP contribution in [0.5, 0.6) is 5.75 Å². The quantitative estimate of drug-likeness (QED) is 0.528. The molecule has 4 rings (SSSR count). The summed E-state index contributed by atoms with van der Waals surface area (Å²) in [6.07, 6.45) is 0.670. The van der Waals surface area contributed by atoms with Crippen molar-refractivity contribution in [1.29, 1.82) is 0 Å². The van der Waals surface area contributed by atoms with Gasteiger partial charge in [-0.1, -0.05) is 48.5 Å². The van der Waals surface area contributed by atoms with E-state index in [-0.39, 0.29) is 12.5 Å². The van der Waals surface area contributed by atoms with Gasteiger partial charge in [-0.05, 0) is 42.3 Å². The van der Waals surface area contributed by atoms with Crippen molar-refractivity contribution in [2.75, 3.05) is 12.4 Å². The molecule has 0 fully saturated rings. The molecule has 0 saturated heterocycles. The minimum absolute atomic E-state index is 0.122. The highest BCUT2D eigenvalue weighted by Crippen LogP contribution is 2.24. The van der Waals surface area contributed by atoms with Crippen LogP contribution in [0.2, 0.25) is 0 Å². The summed E-state index contributed by atoms with van der Waals surface area (Å²) in [7, 11) is 1.59. The van der Waals surface area contributed by atoms with E-state index in [1.165, 1.54) is 11.1 Å². The molecule has 0 aliphatic rings. The molecular formula is C24H23N3O2. The molecule has 4 aromatic rings. The Bertz CT molecular complexity index is 1160. The van der Waals surface area contributed by atoms with Gasteiger partial charge in [0.25, 0.3) is 0 Å². The van der Waals surface area contributed by atoms with Crippen LogP contribution in [-0.2, 0) is 17.8 Å². The lowest BCUT2D eigenvalue weighted by Gasteiger charge is -2.13. The first-order valence-electron chi connectivity index (χ1n) is 9.57. The van der Waals surface area contributed by atoms with E-state index >= 15 is 0 Å². The Balaban J connectivity index is 1.65. The van der Waals surface area contributed by atoms with Gasteiger partial charge in [-0.3, -0.25) is 4.79 Å². The number of amides is 1. The van der Waals surface area contributed by atoms with Crippen LogP contribution in [0.15, 0.2) is 72.8 Å². The number of para-hydroxylation sites is 4. The van der Waals surface area contributed by atoms with E-state index in [1.54, 1.807) is 7.11 Å². The fourth-order valence-electron chi connectivity index (χ4n) is 3.50. The number of ether oxygens (including phenoxy) is 1. The lowest BCUT2D eigenvalue weighted by molar-refractivity contribution is -0.116. The second kappa shape index (κ2) is 8.19. The van der Waals surface area contributed by atoms with E-state index in [2.05, 4.69) is 24.4 Å². The van der Waals surface area contributed by atoms with Crippen molar-refractivity contribution in [1.82, 2.24) is 9.55 Å². The number of aryl methyl sites for hydroxylation is 1. The lowest BCUT2D eigenvalue weighted by atomic mass is 10.1. The van der Waals surface area contributed by atoms with E-state index < -0.39 is 0 Å². The maximum Gasteiger partial charge on any atom is 0.244 e. The molecule has 0 aliphatic heterocycles. The van der Waals surface area contributed by atoms with Crippen molar-refractivity contribution >= 4 is 22.6 Å². The topological polar surface area (TPSA) is 56.1 Å². The van der Waals surface area contributed by atoms with Crippen LogP contribution in [0.4, 0.5) is 5.69 Å². The maximum absolute atomic E-state index is 12.8. The van der Waals surface area contributed by atoms with Crippen molar-refractivity contribution in [3.63, 3.8) is 0 Å². The summed E-state index contributed by atoms with van der Waals surface area (Å²) in [6, 6.07) is 23.6. The summed E-state index contributed by atoms with van der Waals surface area (Å²) in [5.74, 6) is 1.39. The van der Waals surface area contributed by atoms with Crippen LogP contribution < -0.4 is 10.1 Å². The molecule has 5 heteroatoms. The van der Waals surface area contributed by atoms with E-state index in [9.17, 15) is 4.79 Å². The number of nitrogens with one attached hydrogen (secondary N) is 1. The van der Waals surface area contributed by atoms with Gasteiger partial charge < -0.3 is 14.6 Å². The number of hydrogen-bond donors (Lipinski definition) is 1. The monoisotopic (exact) mass is 385 g/mol. The molecule has 0 radical (unpaired) electrons. The van der Waals surface area contributed by atoms with Crippen molar-refractivity contribution in [2.45, 2.75) is 19.9 Å². The minimum atomic E-state index is -0.122. The molecule has 1 N–H and O–H groups in total. The first-order chi connectivity index (χ1) is 14.2. The molecule has 5 nitrogen and oxygen atoms in total. The predicted octanol–water partition coefficient (Wildman–Crippen LogP) is 4.58. The molecule has 0 aliphatic carbocycles. The average molecular weight is 385 g/mol. The molecule has 0 saturated carbocycles. The number of carbonyl (C=O) groups excluding carboxylic acids is 1. The van der Waals surface area contributed by atoms with Crippen LogP contribution in [0.25, 0.3) is 11.0 Å². The summed E-state index contributed by atoms with van der Waals surface area (Å²) in [5.41, 5.74) is 4.91. The molecule has 1 aromatic heterocycles.